The summed E-state index contributed by atoms with van der Waals surface area (Å²) in [5.41, 5.74) is 3.87. The summed E-state index contributed by atoms with van der Waals surface area (Å²) in [6.07, 6.45) is 0.114. The van der Waals surface area contributed by atoms with Gasteiger partial charge in [0.15, 0.2) is 0 Å². The number of carbonyl (C=O) groups is 5. The molecule has 0 bridgehead atoms. The number of imide groups is 1. The first-order chi connectivity index (χ1) is 28.5. The second kappa shape index (κ2) is 20.2. The van der Waals surface area contributed by atoms with Gasteiger partial charge in [0.05, 0.1) is 30.1 Å². The number of aliphatic hydroxyl groups excluding tert-OH is 1. The van der Waals surface area contributed by atoms with Gasteiger partial charge in [0.2, 0.25) is 11.8 Å². The fourth-order valence-electron chi connectivity index (χ4n) is 7.49. The summed E-state index contributed by atoms with van der Waals surface area (Å²) in [5, 5.41) is 30.2. The first kappa shape index (κ1) is 44.9. The van der Waals surface area contributed by atoms with Crippen LogP contribution in [0.3, 0.4) is 0 Å². The molecule has 5 rings (SSSR count). The van der Waals surface area contributed by atoms with Crippen LogP contribution in [-0.4, -0.2) is 96.6 Å². The zero-order valence-corrected chi connectivity index (χ0v) is 35.2. The molecule has 1 aliphatic heterocycles. The van der Waals surface area contributed by atoms with E-state index in [9.17, 15) is 34.2 Å². The molecule has 60 heavy (non-hydrogen) atoms. The number of aromatic nitrogens is 2. The van der Waals surface area contributed by atoms with E-state index in [1.807, 2.05) is 99.6 Å². The van der Waals surface area contributed by atoms with Gasteiger partial charge in [-0.1, -0.05) is 108 Å². The lowest BCUT2D eigenvalue weighted by Gasteiger charge is -2.35. The Morgan fingerprint density at radius 1 is 0.833 bits per heavy atom. The zero-order valence-electron chi connectivity index (χ0n) is 35.2. The molecular formula is C46H57N7O7. The summed E-state index contributed by atoms with van der Waals surface area (Å²) in [4.78, 5) is 78.6. The monoisotopic (exact) mass is 819 g/mol. The molecule has 318 valence electrons. The van der Waals surface area contributed by atoms with Gasteiger partial charge in [0, 0.05) is 23.5 Å². The van der Waals surface area contributed by atoms with Crippen LogP contribution < -0.4 is 16.0 Å². The first-order valence-corrected chi connectivity index (χ1v) is 20.4. The standard InChI is InChI=1S/C46H57N7O7/c1-7-29(2)40(53-28-39(55)52(45(53)60)27-34-17-13-14-30(3)48-34)42(56)50-37(25-31-15-9-8-10-16-31)38(54)26-35(49-43(57)41(46(4,5)6)51-44(58)59)24-32-19-21-33(22-20-32)36-18-11-12-23-47-36/h8-23,29,35,37-38,40-41,51,54H,7,24-28H2,1-6H3,(H,49,57)(H,50,56)(H,58,59)/t29?,35-,37-,38-,40-,41+/m0/s1. The minimum absolute atomic E-state index is 0.0259. The van der Waals surface area contributed by atoms with Gasteiger partial charge in [-0.15, -0.1) is 0 Å². The molecule has 14 nitrogen and oxygen atoms in total. The number of hydrogen-bond donors (Lipinski definition) is 5. The van der Waals surface area contributed by atoms with Crippen molar-refractivity contribution in [3.05, 3.63) is 120 Å². The molecule has 1 saturated heterocycles. The Morgan fingerprint density at radius 3 is 2.13 bits per heavy atom. The lowest BCUT2D eigenvalue weighted by Crippen LogP contribution is -2.58. The quantitative estimate of drug-likeness (QED) is 0.0804. The molecule has 3 heterocycles. The number of aryl methyl sites for hydroxylation is 1. The van der Waals surface area contributed by atoms with Crippen LogP contribution in [0, 0.1) is 18.3 Å². The second-order valence-electron chi connectivity index (χ2n) is 16.7. The van der Waals surface area contributed by atoms with Gasteiger partial charge >= 0.3 is 12.1 Å². The number of carboxylic acid groups (broad SMARTS) is 1. The van der Waals surface area contributed by atoms with Gasteiger partial charge in [0.1, 0.15) is 18.6 Å². The Balaban J connectivity index is 1.42. The molecule has 2 aromatic carbocycles. The van der Waals surface area contributed by atoms with Crippen molar-refractivity contribution in [3.8, 4) is 11.3 Å². The molecule has 1 aliphatic rings. The molecule has 6 amide bonds. The number of hydrogen-bond acceptors (Lipinski definition) is 8. The van der Waals surface area contributed by atoms with E-state index in [1.54, 1.807) is 39.1 Å². The molecule has 0 aliphatic carbocycles. The van der Waals surface area contributed by atoms with Crippen molar-refractivity contribution >= 4 is 29.8 Å². The number of aliphatic hydroxyl groups is 1. The third-order valence-corrected chi connectivity index (χ3v) is 10.9. The molecule has 1 unspecified atom stereocenters. The number of benzene rings is 2. The largest absolute Gasteiger partial charge is 0.465 e. The highest BCUT2D eigenvalue weighted by molar-refractivity contribution is 6.04. The highest BCUT2D eigenvalue weighted by atomic mass is 16.4. The topological polar surface area (TPSA) is 194 Å². The summed E-state index contributed by atoms with van der Waals surface area (Å²) in [6.45, 7) is 10.5. The second-order valence-corrected chi connectivity index (χ2v) is 16.7. The van der Waals surface area contributed by atoms with Crippen LogP contribution in [0.1, 0.15) is 70.0 Å². The number of urea groups is 1. The van der Waals surface area contributed by atoms with Crippen LogP contribution in [0.15, 0.2) is 97.2 Å². The smallest absolute Gasteiger partial charge is 0.405 e. The van der Waals surface area contributed by atoms with Crippen molar-refractivity contribution in [2.75, 3.05) is 6.54 Å². The van der Waals surface area contributed by atoms with Crippen LogP contribution >= 0.6 is 0 Å². The molecule has 6 atom stereocenters. The minimum atomic E-state index is -1.35. The van der Waals surface area contributed by atoms with E-state index in [2.05, 4.69) is 25.9 Å². The molecule has 14 heteroatoms. The van der Waals surface area contributed by atoms with Crippen molar-refractivity contribution in [2.45, 2.75) is 104 Å². The fraction of sp³-hybridized carbons (Fsp3) is 0.413. The molecule has 4 aromatic rings. The fourth-order valence-corrected chi connectivity index (χ4v) is 7.49. The van der Waals surface area contributed by atoms with Gasteiger partial charge in [0.25, 0.3) is 5.91 Å². The highest BCUT2D eigenvalue weighted by Crippen LogP contribution is 2.25. The van der Waals surface area contributed by atoms with Gasteiger partial charge in [-0.05, 0) is 72.9 Å². The summed E-state index contributed by atoms with van der Waals surface area (Å²) >= 11 is 0. The molecular weight excluding hydrogens is 763 g/mol. The number of carbonyl (C=O) groups excluding carboxylic acids is 4. The van der Waals surface area contributed by atoms with Crippen molar-refractivity contribution in [2.24, 2.45) is 11.3 Å². The third-order valence-electron chi connectivity index (χ3n) is 10.9. The summed E-state index contributed by atoms with van der Waals surface area (Å²) in [7, 11) is 0. The summed E-state index contributed by atoms with van der Waals surface area (Å²) < 4.78 is 0. The summed E-state index contributed by atoms with van der Waals surface area (Å²) in [6, 6.07) is 23.7. The molecule has 0 radical (unpaired) electrons. The average Bonchev–Trinajstić information content (AvgIpc) is 3.47. The van der Waals surface area contributed by atoms with Crippen LogP contribution in [0.4, 0.5) is 9.59 Å². The van der Waals surface area contributed by atoms with Crippen LogP contribution in [0.2, 0.25) is 0 Å². The minimum Gasteiger partial charge on any atom is -0.465 e. The lowest BCUT2D eigenvalue weighted by atomic mass is 9.85. The maximum atomic E-state index is 14.5. The van der Waals surface area contributed by atoms with Crippen molar-refractivity contribution in [1.29, 1.82) is 0 Å². The van der Waals surface area contributed by atoms with Gasteiger partial charge < -0.3 is 31.1 Å². The van der Waals surface area contributed by atoms with E-state index >= 15 is 0 Å². The number of pyridine rings is 2. The molecule has 5 N–H and O–H groups in total. The Kier molecular flexibility index (Phi) is 15.1. The third kappa shape index (κ3) is 12.0. The Labute approximate surface area is 351 Å². The van der Waals surface area contributed by atoms with Crippen LogP contribution in [0.5, 0.6) is 0 Å². The number of rotatable bonds is 18. The van der Waals surface area contributed by atoms with E-state index in [4.69, 9.17) is 0 Å². The molecule has 0 saturated carbocycles. The predicted octanol–water partition coefficient (Wildman–Crippen LogP) is 5.52. The van der Waals surface area contributed by atoms with Crippen molar-refractivity contribution in [3.63, 3.8) is 0 Å². The van der Waals surface area contributed by atoms with E-state index in [-0.39, 0.29) is 38.3 Å². The van der Waals surface area contributed by atoms with E-state index < -0.39 is 65.5 Å². The number of amides is 6. The maximum absolute atomic E-state index is 14.5. The Morgan fingerprint density at radius 2 is 1.52 bits per heavy atom. The maximum Gasteiger partial charge on any atom is 0.405 e. The van der Waals surface area contributed by atoms with Crippen LogP contribution in [0.25, 0.3) is 11.3 Å². The van der Waals surface area contributed by atoms with E-state index in [0.29, 0.717) is 12.1 Å². The SMILES string of the molecule is CCC(C)[C@@H](C(=O)N[C@@H](Cc1ccccc1)[C@@H](O)C[C@H](Cc1ccc(-c2ccccn2)cc1)NC(=O)[C@@H](NC(=O)O)C(C)(C)C)N1CC(=O)N(Cc2cccc(C)n2)C1=O. The predicted molar refractivity (Wildman–Crippen MR) is 227 cm³/mol. The molecule has 0 spiro atoms. The van der Waals surface area contributed by atoms with Crippen LogP contribution in [-0.2, 0) is 33.8 Å². The number of nitrogens with one attached hydrogen (secondary N) is 3. The number of nitrogens with zero attached hydrogens (tertiary/aromatic N) is 4. The van der Waals surface area contributed by atoms with E-state index in [1.165, 1.54) is 4.90 Å². The Hall–Kier alpha value is -6.15. The average molecular weight is 820 g/mol. The Bertz CT molecular complexity index is 2090. The summed E-state index contributed by atoms with van der Waals surface area (Å²) in [5.74, 6) is -1.88. The highest BCUT2D eigenvalue weighted by Gasteiger charge is 2.45. The lowest BCUT2D eigenvalue weighted by molar-refractivity contribution is -0.130. The zero-order chi connectivity index (χ0) is 43.6. The van der Waals surface area contributed by atoms with Gasteiger partial charge in [-0.2, -0.15) is 0 Å². The van der Waals surface area contributed by atoms with Gasteiger partial charge in [-0.3, -0.25) is 29.3 Å². The molecule has 2 aromatic heterocycles. The molecule has 1 fully saturated rings. The van der Waals surface area contributed by atoms with Crippen molar-refractivity contribution < 1.29 is 34.2 Å². The van der Waals surface area contributed by atoms with Crippen molar-refractivity contribution in [1.82, 2.24) is 35.7 Å². The normalized spacial score (nSPS) is 16.1. The first-order valence-electron chi connectivity index (χ1n) is 20.4. The van der Waals surface area contributed by atoms with Gasteiger partial charge in [-0.25, -0.2) is 9.59 Å². The van der Waals surface area contributed by atoms with E-state index in [0.717, 1.165) is 33.0 Å².